The van der Waals surface area contributed by atoms with Gasteiger partial charge in [0.05, 0.1) is 11.9 Å². The first-order valence-electron chi connectivity index (χ1n) is 6.34. The Hall–Kier alpha value is -1.62. The van der Waals surface area contributed by atoms with E-state index in [-0.39, 0.29) is 5.91 Å². The van der Waals surface area contributed by atoms with Gasteiger partial charge in [-0.25, -0.2) is 4.98 Å². The molecule has 0 aromatic carbocycles. The summed E-state index contributed by atoms with van der Waals surface area (Å²) in [6, 6.07) is 3.68. The zero-order valence-corrected chi connectivity index (χ0v) is 11.1. The zero-order chi connectivity index (χ0) is 13.2. The molecule has 3 N–H and O–H groups in total. The van der Waals surface area contributed by atoms with Gasteiger partial charge in [0.1, 0.15) is 5.82 Å². The lowest BCUT2D eigenvalue weighted by Crippen LogP contribution is -2.12. The van der Waals surface area contributed by atoms with Gasteiger partial charge >= 0.3 is 0 Å². The minimum atomic E-state index is 0.0541. The van der Waals surface area contributed by atoms with Crippen LogP contribution in [0.4, 0.5) is 11.5 Å². The predicted molar refractivity (Wildman–Crippen MR) is 74.8 cm³/mol. The van der Waals surface area contributed by atoms with Crippen molar-refractivity contribution >= 4 is 17.4 Å². The second-order valence-corrected chi connectivity index (χ2v) is 4.14. The summed E-state index contributed by atoms with van der Waals surface area (Å²) in [6.07, 6.45) is 5.34. The number of amides is 1. The molecule has 0 saturated carbocycles. The van der Waals surface area contributed by atoms with Crippen LogP contribution < -0.4 is 16.0 Å². The van der Waals surface area contributed by atoms with Crippen LogP contribution in [0.5, 0.6) is 0 Å². The topological polar surface area (TPSA) is 66.1 Å². The van der Waals surface area contributed by atoms with E-state index in [9.17, 15) is 4.79 Å². The number of pyridine rings is 1. The van der Waals surface area contributed by atoms with E-state index in [4.69, 9.17) is 0 Å². The molecule has 0 atom stereocenters. The Morgan fingerprint density at radius 1 is 1.22 bits per heavy atom. The number of hydrogen-bond acceptors (Lipinski definition) is 4. The van der Waals surface area contributed by atoms with Gasteiger partial charge < -0.3 is 16.0 Å². The standard InChI is InChI=1S/C13H22N4O/c1-14-9-5-3-4-6-13(18)17-11-7-8-12(15-2)16-10-11/h7-8,10,14H,3-6,9H2,1-2H3,(H,15,16)(H,17,18). The van der Waals surface area contributed by atoms with Crippen molar-refractivity contribution in [2.45, 2.75) is 25.7 Å². The highest BCUT2D eigenvalue weighted by atomic mass is 16.1. The summed E-state index contributed by atoms with van der Waals surface area (Å²) in [7, 11) is 3.75. The summed E-state index contributed by atoms with van der Waals surface area (Å²) >= 11 is 0. The Balaban J connectivity index is 2.22. The van der Waals surface area contributed by atoms with Crippen LogP contribution >= 0.6 is 0 Å². The van der Waals surface area contributed by atoms with E-state index in [1.807, 2.05) is 26.2 Å². The number of carbonyl (C=O) groups is 1. The largest absolute Gasteiger partial charge is 0.373 e. The molecule has 100 valence electrons. The van der Waals surface area contributed by atoms with E-state index in [1.54, 1.807) is 6.20 Å². The fourth-order valence-corrected chi connectivity index (χ4v) is 1.60. The van der Waals surface area contributed by atoms with E-state index >= 15 is 0 Å². The van der Waals surface area contributed by atoms with Crippen molar-refractivity contribution < 1.29 is 4.79 Å². The summed E-state index contributed by atoms with van der Waals surface area (Å²) in [4.78, 5) is 15.8. The van der Waals surface area contributed by atoms with Gasteiger partial charge in [-0.3, -0.25) is 4.79 Å². The maximum absolute atomic E-state index is 11.6. The third-order valence-electron chi connectivity index (χ3n) is 2.63. The van der Waals surface area contributed by atoms with Crippen molar-refractivity contribution in [1.82, 2.24) is 10.3 Å². The predicted octanol–water partition coefficient (Wildman–Crippen LogP) is 1.84. The highest BCUT2D eigenvalue weighted by Gasteiger charge is 2.02. The number of nitrogens with one attached hydrogen (secondary N) is 3. The van der Waals surface area contributed by atoms with Gasteiger partial charge in [0.15, 0.2) is 0 Å². The van der Waals surface area contributed by atoms with Gasteiger partial charge in [-0.15, -0.1) is 0 Å². The number of aromatic nitrogens is 1. The minimum absolute atomic E-state index is 0.0541. The highest BCUT2D eigenvalue weighted by molar-refractivity contribution is 5.90. The summed E-state index contributed by atoms with van der Waals surface area (Å²) in [6.45, 7) is 1.01. The molecule has 5 heteroatoms. The lowest BCUT2D eigenvalue weighted by molar-refractivity contribution is -0.116. The number of anilines is 2. The molecule has 0 aliphatic heterocycles. The molecule has 0 spiro atoms. The normalized spacial score (nSPS) is 10.1. The van der Waals surface area contributed by atoms with Gasteiger partial charge in [-0.2, -0.15) is 0 Å². The first-order valence-corrected chi connectivity index (χ1v) is 6.34. The Morgan fingerprint density at radius 2 is 2.06 bits per heavy atom. The molecular formula is C13H22N4O. The molecule has 18 heavy (non-hydrogen) atoms. The maximum Gasteiger partial charge on any atom is 0.224 e. The van der Waals surface area contributed by atoms with Crippen molar-refractivity contribution in [1.29, 1.82) is 0 Å². The van der Waals surface area contributed by atoms with Crippen LogP contribution in [-0.2, 0) is 4.79 Å². The fourth-order valence-electron chi connectivity index (χ4n) is 1.60. The molecule has 1 amide bonds. The lowest BCUT2D eigenvalue weighted by Gasteiger charge is -2.05. The maximum atomic E-state index is 11.6. The van der Waals surface area contributed by atoms with Gasteiger partial charge in [0, 0.05) is 13.5 Å². The average Bonchev–Trinajstić information content (AvgIpc) is 2.39. The SMILES string of the molecule is CNCCCCCC(=O)Nc1ccc(NC)nc1. The van der Waals surface area contributed by atoms with Crippen molar-refractivity contribution in [3.8, 4) is 0 Å². The molecule has 1 heterocycles. The second-order valence-electron chi connectivity index (χ2n) is 4.14. The lowest BCUT2D eigenvalue weighted by atomic mass is 10.2. The van der Waals surface area contributed by atoms with Crippen LogP contribution in [0.3, 0.4) is 0 Å². The molecule has 0 saturated heterocycles. The van der Waals surface area contributed by atoms with Crippen LogP contribution in [0.25, 0.3) is 0 Å². The van der Waals surface area contributed by atoms with Crippen molar-refractivity contribution in [2.24, 2.45) is 0 Å². The Kier molecular flexibility index (Phi) is 6.79. The molecule has 0 unspecified atom stereocenters. The van der Waals surface area contributed by atoms with Gasteiger partial charge in [0.25, 0.3) is 0 Å². The second kappa shape index (κ2) is 8.47. The van der Waals surface area contributed by atoms with E-state index < -0.39 is 0 Å². The monoisotopic (exact) mass is 250 g/mol. The smallest absolute Gasteiger partial charge is 0.224 e. The molecule has 0 radical (unpaired) electrons. The minimum Gasteiger partial charge on any atom is -0.373 e. The first-order chi connectivity index (χ1) is 8.76. The molecule has 0 bridgehead atoms. The number of rotatable bonds is 8. The van der Waals surface area contributed by atoms with Gasteiger partial charge in [0.2, 0.25) is 5.91 Å². The summed E-state index contributed by atoms with van der Waals surface area (Å²) in [5, 5.41) is 8.86. The number of nitrogens with zero attached hydrogens (tertiary/aromatic N) is 1. The number of unbranched alkanes of at least 4 members (excludes halogenated alkanes) is 2. The quantitative estimate of drug-likeness (QED) is 0.616. The Bertz CT molecular complexity index is 351. The molecule has 0 aliphatic rings. The van der Waals surface area contributed by atoms with Crippen LogP contribution in [0.1, 0.15) is 25.7 Å². The van der Waals surface area contributed by atoms with E-state index in [1.165, 1.54) is 0 Å². The van der Waals surface area contributed by atoms with Gasteiger partial charge in [-0.05, 0) is 38.6 Å². The Morgan fingerprint density at radius 3 is 2.67 bits per heavy atom. The van der Waals surface area contributed by atoms with Crippen molar-refractivity contribution in [2.75, 3.05) is 31.3 Å². The summed E-state index contributed by atoms with van der Waals surface area (Å²) in [5.41, 5.74) is 0.745. The molecule has 0 aliphatic carbocycles. The van der Waals surface area contributed by atoms with Gasteiger partial charge in [-0.1, -0.05) is 6.42 Å². The third-order valence-corrected chi connectivity index (χ3v) is 2.63. The molecular weight excluding hydrogens is 228 g/mol. The van der Waals surface area contributed by atoms with Crippen LogP contribution in [0.2, 0.25) is 0 Å². The highest BCUT2D eigenvalue weighted by Crippen LogP contribution is 2.10. The van der Waals surface area contributed by atoms with Crippen molar-refractivity contribution in [3.63, 3.8) is 0 Å². The molecule has 1 aromatic rings. The Labute approximate surface area is 108 Å². The molecule has 0 fully saturated rings. The van der Waals surface area contributed by atoms with Crippen LogP contribution in [-0.4, -0.2) is 31.5 Å². The molecule has 5 nitrogen and oxygen atoms in total. The number of carbonyl (C=O) groups excluding carboxylic acids is 1. The molecule has 1 rings (SSSR count). The third kappa shape index (κ3) is 5.63. The van der Waals surface area contributed by atoms with Crippen molar-refractivity contribution in [3.05, 3.63) is 18.3 Å². The van der Waals surface area contributed by atoms with Crippen LogP contribution in [0.15, 0.2) is 18.3 Å². The zero-order valence-electron chi connectivity index (χ0n) is 11.1. The summed E-state index contributed by atoms with van der Waals surface area (Å²) < 4.78 is 0. The molecule has 1 aromatic heterocycles. The number of hydrogen-bond donors (Lipinski definition) is 3. The van der Waals surface area contributed by atoms with Crippen LogP contribution in [0, 0.1) is 0 Å². The average molecular weight is 250 g/mol. The van der Waals surface area contributed by atoms with E-state index in [2.05, 4.69) is 20.9 Å². The fraction of sp³-hybridized carbons (Fsp3) is 0.538. The van der Waals surface area contributed by atoms with E-state index in [0.717, 1.165) is 37.3 Å². The van der Waals surface area contributed by atoms with E-state index in [0.29, 0.717) is 6.42 Å². The summed E-state index contributed by atoms with van der Waals surface area (Å²) in [5.74, 6) is 0.846. The first kappa shape index (κ1) is 14.4.